The molecule has 5 atom stereocenters. The molecule has 1 N–H and O–H groups in total. The number of rotatable bonds is 6. The highest BCUT2D eigenvalue weighted by molar-refractivity contribution is 5.86. The normalized spacial score (nSPS) is 31.4. The summed E-state index contributed by atoms with van der Waals surface area (Å²) < 4.78 is 65.3. The van der Waals surface area contributed by atoms with Crippen molar-refractivity contribution in [3.63, 3.8) is 0 Å². The summed E-state index contributed by atoms with van der Waals surface area (Å²) in [6.45, 7) is 6.71. The summed E-state index contributed by atoms with van der Waals surface area (Å²) in [5.74, 6) is -4.76. The minimum Gasteiger partial charge on any atom is -0.494 e. The van der Waals surface area contributed by atoms with Gasteiger partial charge in [0.1, 0.15) is 17.3 Å². The van der Waals surface area contributed by atoms with Crippen molar-refractivity contribution in [3.05, 3.63) is 58.8 Å². The van der Waals surface area contributed by atoms with E-state index in [1.54, 1.807) is 4.90 Å². The second-order valence-electron chi connectivity index (χ2n) is 10.5. The maximum absolute atomic E-state index is 15.9. The van der Waals surface area contributed by atoms with Gasteiger partial charge in [0.25, 0.3) is 5.92 Å². The first kappa shape index (κ1) is 23.5. The van der Waals surface area contributed by atoms with E-state index >= 15 is 8.78 Å². The highest BCUT2D eigenvalue weighted by atomic mass is 19.3. The highest BCUT2D eigenvalue weighted by Crippen LogP contribution is 2.61. The van der Waals surface area contributed by atoms with Crippen molar-refractivity contribution in [2.45, 2.75) is 70.6 Å². The predicted molar refractivity (Wildman–Crippen MR) is 125 cm³/mol. The lowest BCUT2D eigenvalue weighted by molar-refractivity contribution is -0.108. The Balaban J connectivity index is 1.57. The molecule has 0 spiro atoms. The Hall–Kier alpha value is -2.28. The molecule has 5 rings (SSSR count). The fourth-order valence-electron chi connectivity index (χ4n) is 6.23. The molecule has 184 valence electrons. The van der Waals surface area contributed by atoms with Crippen molar-refractivity contribution in [2.24, 2.45) is 11.8 Å². The van der Waals surface area contributed by atoms with E-state index in [-0.39, 0.29) is 18.2 Å². The van der Waals surface area contributed by atoms with Crippen LogP contribution in [-0.2, 0) is 11.2 Å². The number of nitrogens with zero attached hydrogens (tertiary/aromatic N) is 1. The van der Waals surface area contributed by atoms with Crippen molar-refractivity contribution in [1.82, 2.24) is 9.88 Å². The smallest absolute Gasteiger partial charge is 0.257 e. The van der Waals surface area contributed by atoms with Crippen molar-refractivity contribution in [2.75, 3.05) is 13.2 Å². The lowest BCUT2D eigenvalue weighted by Crippen LogP contribution is -2.59. The van der Waals surface area contributed by atoms with E-state index in [1.165, 1.54) is 12.2 Å². The van der Waals surface area contributed by atoms with Gasteiger partial charge < -0.3 is 9.72 Å². The molecular weight excluding hydrogens is 444 g/mol. The standard InChI is InChI=1S/C27H32F4N2O/c1-5-8-34-17-11-21(28)23-20(13-27(23,31)12-17)25-24-19(10-16(3)33(25)14-26(4,29)30)18-9-15(2)6-7-22(18)32-24/h6-7,9,11-12,16,20,23,25,32H,5,8,10,13-14H2,1-4H3/t16-,20?,23?,25-,27?/m0/s1. The molecule has 0 bridgehead atoms. The highest BCUT2D eigenvalue weighted by Gasteiger charge is 2.62. The molecule has 3 unspecified atom stereocenters. The van der Waals surface area contributed by atoms with Crippen LogP contribution in [0.5, 0.6) is 0 Å². The van der Waals surface area contributed by atoms with Crippen molar-refractivity contribution < 1.29 is 22.3 Å². The number of aryl methyl sites for hydroxylation is 1. The maximum atomic E-state index is 15.9. The van der Waals surface area contributed by atoms with Gasteiger partial charge in [0.15, 0.2) is 0 Å². The quantitative estimate of drug-likeness (QED) is 0.458. The van der Waals surface area contributed by atoms with Gasteiger partial charge in [-0.2, -0.15) is 0 Å². The molecule has 0 radical (unpaired) electrons. The topological polar surface area (TPSA) is 28.3 Å². The molecular formula is C27H32F4N2O. The number of fused-ring (bicyclic) bond motifs is 4. The minimum absolute atomic E-state index is 0.0644. The molecule has 1 aromatic carbocycles. The zero-order valence-corrected chi connectivity index (χ0v) is 20.1. The van der Waals surface area contributed by atoms with Gasteiger partial charge in [-0.3, -0.25) is 4.90 Å². The molecule has 34 heavy (non-hydrogen) atoms. The monoisotopic (exact) mass is 476 g/mol. The third-order valence-electron chi connectivity index (χ3n) is 7.61. The van der Waals surface area contributed by atoms with E-state index in [0.717, 1.165) is 41.1 Å². The van der Waals surface area contributed by atoms with Crippen LogP contribution in [0.2, 0.25) is 0 Å². The molecule has 2 aliphatic carbocycles. The average molecular weight is 477 g/mol. The summed E-state index contributed by atoms with van der Waals surface area (Å²) in [4.78, 5) is 5.21. The average Bonchev–Trinajstić information content (AvgIpc) is 3.06. The fourth-order valence-corrected chi connectivity index (χ4v) is 6.23. The van der Waals surface area contributed by atoms with Gasteiger partial charge in [-0.15, -0.1) is 0 Å². The molecule has 1 aromatic heterocycles. The van der Waals surface area contributed by atoms with Crippen molar-refractivity contribution in [3.8, 4) is 0 Å². The van der Waals surface area contributed by atoms with Gasteiger partial charge in [0.2, 0.25) is 0 Å². The van der Waals surface area contributed by atoms with Gasteiger partial charge in [0.05, 0.1) is 25.1 Å². The van der Waals surface area contributed by atoms with Crippen LogP contribution in [0, 0.1) is 18.8 Å². The molecule has 1 fully saturated rings. The summed E-state index contributed by atoms with van der Waals surface area (Å²) in [6, 6.07) is 5.37. The first-order valence-corrected chi connectivity index (χ1v) is 12.2. The number of benzene rings is 1. The largest absolute Gasteiger partial charge is 0.494 e. The van der Waals surface area contributed by atoms with Crippen molar-refractivity contribution in [1.29, 1.82) is 0 Å². The molecule has 0 saturated heterocycles. The summed E-state index contributed by atoms with van der Waals surface area (Å²) >= 11 is 0. The summed E-state index contributed by atoms with van der Waals surface area (Å²) in [7, 11) is 0. The van der Waals surface area contributed by atoms with Crippen LogP contribution in [0.1, 0.15) is 56.5 Å². The Labute approximate surface area is 197 Å². The number of halogens is 4. The number of alkyl halides is 3. The number of aromatic nitrogens is 1. The summed E-state index contributed by atoms with van der Waals surface area (Å²) in [6.07, 6.45) is 4.06. The van der Waals surface area contributed by atoms with E-state index in [1.807, 2.05) is 32.9 Å². The summed E-state index contributed by atoms with van der Waals surface area (Å²) in [5, 5.41) is 1.07. The van der Waals surface area contributed by atoms with Crippen molar-refractivity contribution >= 4 is 10.9 Å². The van der Waals surface area contributed by atoms with Crippen LogP contribution in [0.15, 0.2) is 41.9 Å². The SMILES string of the molecule is CCCOC1=CC2(F)CC([C@H]3c4[nH]c5ccc(C)cc5c4C[C@H](C)N3CC(C)(F)F)C2C(F)=C1. The third kappa shape index (κ3) is 3.86. The van der Waals surface area contributed by atoms with Crippen LogP contribution in [-0.4, -0.2) is 40.7 Å². The predicted octanol–water partition coefficient (Wildman–Crippen LogP) is 6.94. The third-order valence-corrected chi connectivity index (χ3v) is 7.61. The second kappa shape index (κ2) is 8.14. The van der Waals surface area contributed by atoms with Crippen LogP contribution in [0.25, 0.3) is 10.9 Å². The Kier molecular flexibility index (Phi) is 5.62. The Morgan fingerprint density at radius 2 is 2.06 bits per heavy atom. The molecule has 3 nitrogen and oxygen atoms in total. The molecule has 1 saturated carbocycles. The van der Waals surface area contributed by atoms with Gasteiger partial charge in [-0.1, -0.05) is 18.6 Å². The van der Waals surface area contributed by atoms with Gasteiger partial charge in [-0.25, -0.2) is 17.6 Å². The number of allylic oxidation sites excluding steroid dienone is 3. The van der Waals surface area contributed by atoms with E-state index in [9.17, 15) is 8.78 Å². The number of hydrogen-bond acceptors (Lipinski definition) is 2. The molecule has 2 aromatic rings. The zero-order valence-electron chi connectivity index (χ0n) is 20.1. The first-order chi connectivity index (χ1) is 16.0. The first-order valence-electron chi connectivity index (χ1n) is 12.2. The van der Waals surface area contributed by atoms with E-state index in [0.29, 0.717) is 13.0 Å². The van der Waals surface area contributed by atoms with E-state index in [4.69, 9.17) is 4.74 Å². The van der Waals surface area contributed by atoms with E-state index < -0.39 is 41.8 Å². The molecule has 1 aliphatic heterocycles. The number of H-pyrrole nitrogens is 1. The van der Waals surface area contributed by atoms with Crippen LogP contribution < -0.4 is 0 Å². The molecule has 0 amide bonds. The summed E-state index contributed by atoms with van der Waals surface area (Å²) in [5.41, 5.74) is 2.07. The lowest BCUT2D eigenvalue weighted by Gasteiger charge is -2.56. The number of hydrogen-bond donors (Lipinski definition) is 1. The second-order valence-corrected chi connectivity index (χ2v) is 10.5. The Morgan fingerprint density at radius 1 is 1.29 bits per heavy atom. The van der Waals surface area contributed by atoms with Crippen LogP contribution >= 0.6 is 0 Å². The Morgan fingerprint density at radius 3 is 2.74 bits per heavy atom. The fraction of sp³-hybridized carbons (Fsp3) is 0.556. The zero-order chi connectivity index (χ0) is 24.4. The van der Waals surface area contributed by atoms with E-state index in [2.05, 4.69) is 11.1 Å². The lowest BCUT2D eigenvalue weighted by atomic mass is 9.56. The number of nitrogens with one attached hydrogen (secondary N) is 1. The van der Waals surface area contributed by atoms with Crippen LogP contribution in [0.3, 0.4) is 0 Å². The molecule has 7 heteroatoms. The van der Waals surface area contributed by atoms with Gasteiger partial charge in [-0.05, 0) is 62.8 Å². The molecule has 3 aliphatic rings. The van der Waals surface area contributed by atoms with Gasteiger partial charge in [0, 0.05) is 35.6 Å². The molecule has 2 heterocycles. The van der Waals surface area contributed by atoms with Gasteiger partial charge >= 0.3 is 0 Å². The number of aromatic amines is 1. The van der Waals surface area contributed by atoms with Crippen LogP contribution in [0.4, 0.5) is 17.6 Å². The minimum atomic E-state index is -2.93. The number of ether oxygens (including phenoxy) is 1. The maximum Gasteiger partial charge on any atom is 0.257 e. The Bertz CT molecular complexity index is 1160.